The van der Waals surface area contributed by atoms with Crippen molar-refractivity contribution in [2.45, 2.75) is 5.60 Å². The predicted octanol–water partition coefficient (Wildman–Crippen LogP) is 2.92. The molecule has 0 radical (unpaired) electrons. The molecule has 1 aliphatic rings. The van der Waals surface area contributed by atoms with Gasteiger partial charge in [0, 0.05) is 29.8 Å². The molecule has 0 unspecified atom stereocenters. The molecule has 3 rings (SSSR count). The van der Waals surface area contributed by atoms with Crippen LogP contribution in [0.2, 0.25) is 0 Å². The molecule has 0 amide bonds. The summed E-state index contributed by atoms with van der Waals surface area (Å²) in [5.41, 5.74) is -0.230. The van der Waals surface area contributed by atoms with Crippen molar-refractivity contribution >= 4 is 11.3 Å². The SMILES string of the molecule is C[n+]1ccccc1C1=CC(CF)(CF)Oc2ccc([N+](=O)[O-])cc21. The number of rotatable bonds is 4. The molecule has 2 heterocycles. The summed E-state index contributed by atoms with van der Waals surface area (Å²) in [6.45, 7) is -2.08. The number of nitrogens with zero attached hydrogens (tertiary/aromatic N) is 2. The minimum Gasteiger partial charge on any atom is -0.477 e. The van der Waals surface area contributed by atoms with Crippen molar-refractivity contribution in [2.75, 3.05) is 13.3 Å². The summed E-state index contributed by atoms with van der Waals surface area (Å²) in [5.74, 6) is 0.220. The highest BCUT2D eigenvalue weighted by Crippen LogP contribution is 2.40. The zero-order chi connectivity index (χ0) is 17.3. The highest BCUT2D eigenvalue weighted by atomic mass is 19.1. The molecule has 124 valence electrons. The first kappa shape index (κ1) is 16.0. The third-order valence-corrected chi connectivity index (χ3v) is 3.97. The van der Waals surface area contributed by atoms with Crippen molar-refractivity contribution in [3.05, 3.63) is 70.0 Å². The van der Waals surface area contributed by atoms with Crippen molar-refractivity contribution < 1.29 is 23.0 Å². The van der Waals surface area contributed by atoms with Gasteiger partial charge in [-0.3, -0.25) is 10.1 Å². The van der Waals surface area contributed by atoms with Gasteiger partial charge in [-0.2, -0.15) is 0 Å². The van der Waals surface area contributed by atoms with Crippen molar-refractivity contribution in [3.63, 3.8) is 0 Å². The van der Waals surface area contributed by atoms with E-state index in [9.17, 15) is 18.9 Å². The van der Waals surface area contributed by atoms with Crippen LogP contribution in [-0.2, 0) is 7.05 Å². The van der Waals surface area contributed by atoms with Gasteiger partial charge in [-0.15, -0.1) is 0 Å². The van der Waals surface area contributed by atoms with E-state index in [1.165, 1.54) is 24.3 Å². The van der Waals surface area contributed by atoms with Gasteiger partial charge in [0.05, 0.1) is 10.5 Å². The minimum absolute atomic E-state index is 0.116. The molecular formula is C17H15F2N2O3+. The van der Waals surface area contributed by atoms with Crippen molar-refractivity contribution in [1.29, 1.82) is 0 Å². The Morgan fingerprint density at radius 2 is 2.00 bits per heavy atom. The number of fused-ring (bicyclic) bond motifs is 1. The number of non-ortho nitro benzene ring substituents is 1. The number of ether oxygens (including phenoxy) is 1. The zero-order valence-electron chi connectivity index (χ0n) is 12.9. The van der Waals surface area contributed by atoms with Gasteiger partial charge in [0.2, 0.25) is 5.69 Å². The van der Waals surface area contributed by atoms with Crippen LogP contribution in [0.3, 0.4) is 0 Å². The quantitative estimate of drug-likeness (QED) is 0.491. The van der Waals surface area contributed by atoms with Gasteiger partial charge in [0.15, 0.2) is 11.8 Å². The van der Waals surface area contributed by atoms with E-state index in [0.29, 0.717) is 16.8 Å². The normalized spacial score (nSPS) is 15.2. The Balaban J connectivity index is 2.26. The third-order valence-electron chi connectivity index (χ3n) is 3.97. The summed E-state index contributed by atoms with van der Waals surface area (Å²) in [6.07, 6.45) is 3.16. The largest absolute Gasteiger partial charge is 0.477 e. The average Bonchev–Trinajstić information content (AvgIpc) is 2.60. The molecule has 2 aromatic rings. The van der Waals surface area contributed by atoms with Crippen molar-refractivity contribution in [1.82, 2.24) is 0 Å². The Hall–Kier alpha value is -2.83. The Morgan fingerprint density at radius 1 is 1.25 bits per heavy atom. The zero-order valence-corrected chi connectivity index (χ0v) is 12.9. The second-order valence-electron chi connectivity index (χ2n) is 5.63. The molecule has 0 saturated heterocycles. The monoisotopic (exact) mass is 333 g/mol. The van der Waals surface area contributed by atoms with Gasteiger partial charge < -0.3 is 4.74 Å². The van der Waals surface area contributed by atoms with E-state index >= 15 is 0 Å². The van der Waals surface area contributed by atoms with Gasteiger partial charge in [0.1, 0.15) is 26.1 Å². The Kier molecular flexibility index (Phi) is 4.01. The minimum atomic E-state index is -1.72. The average molecular weight is 333 g/mol. The van der Waals surface area contributed by atoms with Crippen LogP contribution in [0.25, 0.3) is 5.57 Å². The fourth-order valence-electron chi connectivity index (χ4n) is 2.70. The summed E-state index contributed by atoms with van der Waals surface area (Å²) in [5, 5.41) is 11.1. The number of hydrogen-bond donors (Lipinski definition) is 0. The molecule has 1 aromatic heterocycles. The summed E-state index contributed by atoms with van der Waals surface area (Å²) in [6, 6.07) is 9.37. The van der Waals surface area contributed by atoms with E-state index in [2.05, 4.69) is 0 Å². The smallest absolute Gasteiger partial charge is 0.270 e. The van der Waals surface area contributed by atoms with E-state index in [1.807, 2.05) is 6.07 Å². The second-order valence-corrected chi connectivity index (χ2v) is 5.63. The lowest BCUT2D eigenvalue weighted by atomic mass is 9.91. The first-order chi connectivity index (χ1) is 11.5. The summed E-state index contributed by atoms with van der Waals surface area (Å²) in [4.78, 5) is 10.5. The number of pyridine rings is 1. The maximum atomic E-state index is 13.5. The molecule has 0 spiro atoms. The lowest BCUT2D eigenvalue weighted by molar-refractivity contribution is -0.673. The number of nitro groups is 1. The molecule has 24 heavy (non-hydrogen) atoms. The number of hydrogen-bond acceptors (Lipinski definition) is 3. The highest BCUT2D eigenvalue weighted by molar-refractivity contribution is 5.83. The molecule has 0 bridgehead atoms. The van der Waals surface area contributed by atoms with Crippen LogP contribution in [0.1, 0.15) is 11.3 Å². The van der Waals surface area contributed by atoms with E-state index in [0.717, 1.165) is 0 Å². The van der Waals surface area contributed by atoms with Crippen LogP contribution in [0.4, 0.5) is 14.5 Å². The molecule has 0 atom stereocenters. The van der Waals surface area contributed by atoms with Crippen LogP contribution in [0.15, 0.2) is 48.7 Å². The van der Waals surface area contributed by atoms with Crippen LogP contribution < -0.4 is 9.30 Å². The number of aromatic nitrogens is 1. The van der Waals surface area contributed by atoms with Crippen molar-refractivity contribution in [3.8, 4) is 5.75 Å². The van der Waals surface area contributed by atoms with Gasteiger partial charge in [0.25, 0.3) is 5.69 Å². The Morgan fingerprint density at radius 3 is 2.62 bits per heavy atom. The summed E-state index contributed by atoms with van der Waals surface area (Å²) < 4.78 is 34.3. The predicted molar refractivity (Wildman–Crippen MR) is 83.1 cm³/mol. The number of halogens is 2. The van der Waals surface area contributed by atoms with Gasteiger partial charge in [-0.25, -0.2) is 13.3 Å². The van der Waals surface area contributed by atoms with Gasteiger partial charge in [-0.1, -0.05) is 0 Å². The lowest BCUT2D eigenvalue weighted by Gasteiger charge is -2.32. The molecular weight excluding hydrogens is 318 g/mol. The van der Waals surface area contributed by atoms with E-state index in [4.69, 9.17) is 4.74 Å². The Bertz CT molecular complexity index is 832. The molecule has 5 nitrogen and oxygen atoms in total. The van der Waals surface area contributed by atoms with E-state index in [-0.39, 0.29) is 11.4 Å². The van der Waals surface area contributed by atoms with E-state index < -0.39 is 23.9 Å². The molecule has 1 aromatic carbocycles. The molecule has 7 heteroatoms. The third kappa shape index (κ3) is 2.62. The molecule has 1 aliphatic heterocycles. The van der Waals surface area contributed by atoms with Crippen LogP contribution in [0.5, 0.6) is 5.75 Å². The highest BCUT2D eigenvalue weighted by Gasteiger charge is 2.38. The maximum Gasteiger partial charge on any atom is 0.270 e. The van der Waals surface area contributed by atoms with Gasteiger partial charge >= 0.3 is 0 Å². The fourth-order valence-corrected chi connectivity index (χ4v) is 2.70. The molecule has 0 fully saturated rings. The summed E-state index contributed by atoms with van der Waals surface area (Å²) in [7, 11) is 1.79. The number of alkyl halides is 2. The van der Waals surface area contributed by atoms with Crippen molar-refractivity contribution in [2.24, 2.45) is 7.05 Å². The van der Waals surface area contributed by atoms with Gasteiger partial charge in [-0.05, 0) is 18.2 Å². The molecule has 0 N–H and O–H groups in total. The second kappa shape index (κ2) is 5.99. The summed E-state index contributed by atoms with van der Waals surface area (Å²) >= 11 is 0. The molecule has 0 saturated carbocycles. The number of nitro benzene ring substituents is 1. The Labute approximate surface area is 137 Å². The van der Waals surface area contributed by atoms with E-state index in [1.54, 1.807) is 29.9 Å². The number of benzene rings is 1. The van der Waals surface area contributed by atoms with Crippen LogP contribution >= 0.6 is 0 Å². The van der Waals surface area contributed by atoms with Crippen LogP contribution in [0, 0.1) is 10.1 Å². The first-order valence-corrected chi connectivity index (χ1v) is 7.27. The standard InChI is InChI=1S/C17H15F2N2O3/c1-20-7-3-2-4-15(20)14-9-17(10-18,11-19)24-16-6-5-12(21(22)23)8-13(14)16/h2-9H,10-11H2,1H3/q+1. The maximum absolute atomic E-state index is 13.5. The topological polar surface area (TPSA) is 56.2 Å². The lowest BCUT2D eigenvalue weighted by Crippen LogP contribution is -2.42. The fraction of sp³-hybridized carbons (Fsp3) is 0.235. The van der Waals surface area contributed by atoms with Crippen LogP contribution in [-0.4, -0.2) is 23.9 Å². The first-order valence-electron chi connectivity index (χ1n) is 7.27. The number of aryl methyl sites for hydroxylation is 1. The molecule has 0 aliphatic carbocycles.